The fourth-order valence-corrected chi connectivity index (χ4v) is 4.11. The van der Waals surface area contributed by atoms with Gasteiger partial charge in [-0.15, -0.1) is 0 Å². The van der Waals surface area contributed by atoms with Gasteiger partial charge in [-0.1, -0.05) is 12.1 Å². The lowest BCUT2D eigenvalue weighted by Gasteiger charge is -2.25. The molecule has 2 unspecified atom stereocenters. The molecule has 0 spiro atoms. The number of aliphatic hydroxyl groups is 1. The van der Waals surface area contributed by atoms with Crippen LogP contribution in [0.2, 0.25) is 0 Å². The molecule has 4 rings (SSSR count). The van der Waals surface area contributed by atoms with Gasteiger partial charge in [0.05, 0.1) is 19.8 Å². The molecule has 6 nitrogen and oxygen atoms in total. The van der Waals surface area contributed by atoms with Crippen LogP contribution in [0, 0.1) is 0 Å². The first-order valence-corrected chi connectivity index (χ1v) is 9.37. The van der Waals surface area contributed by atoms with Crippen molar-refractivity contribution in [3.05, 3.63) is 42.2 Å². The van der Waals surface area contributed by atoms with Crippen molar-refractivity contribution in [3.63, 3.8) is 0 Å². The SMILES string of the molecule is COc1ccc(C2CCN(c3cc(N4CCCC4CO)ncn3)C2)cc1. The zero-order chi connectivity index (χ0) is 17.9. The minimum atomic E-state index is 0.183. The summed E-state index contributed by atoms with van der Waals surface area (Å²) in [4.78, 5) is 13.5. The van der Waals surface area contributed by atoms with E-state index in [1.54, 1.807) is 13.4 Å². The summed E-state index contributed by atoms with van der Waals surface area (Å²) < 4.78 is 5.25. The number of aromatic nitrogens is 2. The van der Waals surface area contributed by atoms with Crippen molar-refractivity contribution in [1.82, 2.24) is 9.97 Å². The highest BCUT2D eigenvalue weighted by Crippen LogP contribution is 2.32. The van der Waals surface area contributed by atoms with E-state index in [0.29, 0.717) is 5.92 Å². The summed E-state index contributed by atoms with van der Waals surface area (Å²) in [6.07, 6.45) is 4.90. The molecule has 138 valence electrons. The summed E-state index contributed by atoms with van der Waals surface area (Å²) in [6.45, 7) is 3.10. The molecule has 2 atom stereocenters. The fraction of sp³-hybridized carbons (Fsp3) is 0.500. The molecule has 0 bridgehead atoms. The summed E-state index contributed by atoms with van der Waals surface area (Å²) in [6, 6.07) is 10.6. The van der Waals surface area contributed by atoms with Gasteiger partial charge in [0.1, 0.15) is 23.7 Å². The summed E-state index contributed by atoms with van der Waals surface area (Å²) in [7, 11) is 1.70. The zero-order valence-electron chi connectivity index (χ0n) is 15.2. The number of aliphatic hydroxyl groups excluding tert-OH is 1. The Morgan fingerprint density at radius 2 is 1.92 bits per heavy atom. The van der Waals surface area contributed by atoms with E-state index in [1.165, 1.54) is 5.56 Å². The predicted molar refractivity (Wildman–Crippen MR) is 102 cm³/mol. The van der Waals surface area contributed by atoms with Crippen LogP contribution < -0.4 is 14.5 Å². The van der Waals surface area contributed by atoms with Crippen LogP contribution in [0.4, 0.5) is 11.6 Å². The first-order valence-electron chi connectivity index (χ1n) is 9.37. The Balaban J connectivity index is 1.47. The van der Waals surface area contributed by atoms with Crippen molar-refractivity contribution >= 4 is 11.6 Å². The van der Waals surface area contributed by atoms with E-state index in [1.807, 2.05) is 12.1 Å². The maximum Gasteiger partial charge on any atom is 0.134 e. The Bertz CT molecular complexity index is 737. The van der Waals surface area contributed by atoms with Gasteiger partial charge in [0.2, 0.25) is 0 Å². The minimum Gasteiger partial charge on any atom is -0.497 e. The van der Waals surface area contributed by atoms with Gasteiger partial charge in [0.15, 0.2) is 0 Å². The highest BCUT2D eigenvalue weighted by molar-refractivity contribution is 5.52. The molecule has 0 amide bonds. The van der Waals surface area contributed by atoms with Crippen LogP contribution in [0.25, 0.3) is 0 Å². The van der Waals surface area contributed by atoms with E-state index in [4.69, 9.17) is 4.74 Å². The smallest absolute Gasteiger partial charge is 0.134 e. The molecule has 26 heavy (non-hydrogen) atoms. The van der Waals surface area contributed by atoms with E-state index in [9.17, 15) is 5.11 Å². The van der Waals surface area contributed by atoms with E-state index in [0.717, 1.165) is 56.3 Å². The first kappa shape index (κ1) is 17.1. The second-order valence-corrected chi connectivity index (χ2v) is 7.11. The summed E-state index contributed by atoms with van der Waals surface area (Å²) in [5.41, 5.74) is 1.35. The molecule has 3 heterocycles. The van der Waals surface area contributed by atoms with Crippen LogP contribution >= 0.6 is 0 Å². The van der Waals surface area contributed by atoms with Crippen molar-refractivity contribution in [3.8, 4) is 5.75 Å². The molecular formula is C20H26N4O2. The Morgan fingerprint density at radius 1 is 1.12 bits per heavy atom. The molecule has 2 aliphatic heterocycles. The molecule has 0 radical (unpaired) electrons. The molecule has 1 aromatic carbocycles. The van der Waals surface area contributed by atoms with Crippen LogP contribution in [0.3, 0.4) is 0 Å². The largest absolute Gasteiger partial charge is 0.497 e. The molecule has 2 aliphatic rings. The van der Waals surface area contributed by atoms with E-state index >= 15 is 0 Å². The number of nitrogens with zero attached hydrogens (tertiary/aromatic N) is 4. The van der Waals surface area contributed by atoms with Gasteiger partial charge in [0.25, 0.3) is 0 Å². The average Bonchev–Trinajstić information content (AvgIpc) is 3.37. The van der Waals surface area contributed by atoms with E-state index in [2.05, 4.69) is 38.0 Å². The normalized spacial score (nSPS) is 22.8. The molecule has 2 fully saturated rings. The van der Waals surface area contributed by atoms with Crippen LogP contribution in [0.5, 0.6) is 5.75 Å². The third-order valence-corrected chi connectivity index (χ3v) is 5.62. The van der Waals surface area contributed by atoms with E-state index in [-0.39, 0.29) is 12.6 Å². The highest BCUT2D eigenvalue weighted by Gasteiger charge is 2.28. The molecule has 0 saturated carbocycles. The quantitative estimate of drug-likeness (QED) is 0.890. The van der Waals surface area contributed by atoms with Gasteiger partial charge in [-0.25, -0.2) is 9.97 Å². The number of anilines is 2. The lowest BCUT2D eigenvalue weighted by molar-refractivity contribution is 0.266. The monoisotopic (exact) mass is 354 g/mol. The second kappa shape index (κ2) is 7.50. The molecule has 0 aliphatic carbocycles. The summed E-state index contributed by atoms with van der Waals surface area (Å²) in [5, 5.41) is 9.57. The summed E-state index contributed by atoms with van der Waals surface area (Å²) in [5.74, 6) is 3.32. The van der Waals surface area contributed by atoms with Crippen molar-refractivity contribution in [2.75, 3.05) is 43.2 Å². The topological polar surface area (TPSA) is 61.7 Å². The molecule has 1 aromatic heterocycles. The van der Waals surface area contributed by atoms with E-state index < -0.39 is 0 Å². The number of methoxy groups -OCH3 is 1. The predicted octanol–water partition coefficient (Wildman–Crippen LogP) is 2.44. The lowest BCUT2D eigenvalue weighted by Crippen LogP contribution is -2.33. The Labute approximate surface area is 154 Å². The van der Waals surface area contributed by atoms with Crippen LogP contribution in [0.1, 0.15) is 30.7 Å². The first-order chi connectivity index (χ1) is 12.8. The lowest BCUT2D eigenvalue weighted by atomic mass is 9.98. The highest BCUT2D eigenvalue weighted by atomic mass is 16.5. The van der Waals surface area contributed by atoms with Crippen molar-refractivity contribution < 1.29 is 9.84 Å². The maximum atomic E-state index is 9.57. The number of hydrogen-bond acceptors (Lipinski definition) is 6. The van der Waals surface area contributed by atoms with Gasteiger partial charge < -0.3 is 19.6 Å². The molecule has 1 N–H and O–H groups in total. The van der Waals surface area contributed by atoms with Gasteiger partial charge >= 0.3 is 0 Å². The molecule has 2 saturated heterocycles. The number of benzene rings is 1. The van der Waals surface area contributed by atoms with Crippen molar-refractivity contribution in [2.45, 2.75) is 31.2 Å². The maximum absolute atomic E-state index is 9.57. The second-order valence-electron chi connectivity index (χ2n) is 7.11. The van der Waals surface area contributed by atoms with Gasteiger partial charge in [-0.2, -0.15) is 0 Å². The van der Waals surface area contributed by atoms with Crippen LogP contribution in [0.15, 0.2) is 36.7 Å². The van der Waals surface area contributed by atoms with Gasteiger partial charge in [0, 0.05) is 31.6 Å². The Hall–Kier alpha value is -2.34. The standard InChI is InChI=1S/C20H26N4O2/c1-26-18-6-4-15(5-7-18)16-8-10-23(12-16)19-11-20(22-14-21-19)24-9-2-3-17(24)13-25/h4-7,11,14,16-17,25H,2-3,8-10,12-13H2,1H3. The Morgan fingerprint density at radius 3 is 2.69 bits per heavy atom. The van der Waals surface area contributed by atoms with Gasteiger partial charge in [-0.05, 0) is 37.0 Å². The number of ether oxygens (including phenoxy) is 1. The minimum absolute atomic E-state index is 0.183. The van der Waals surface area contributed by atoms with Crippen LogP contribution in [-0.4, -0.2) is 54.5 Å². The Kier molecular flexibility index (Phi) is 4.93. The third kappa shape index (κ3) is 3.33. The van der Waals surface area contributed by atoms with Gasteiger partial charge in [-0.3, -0.25) is 0 Å². The fourth-order valence-electron chi connectivity index (χ4n) is 4.11. The summed E-state index contributed by atoms with van der Waals surface area (Å²) >= 11 is 0. The zero-order valence-corrected chi connectivity index (χ0v) is 15.2. The van der Waals surface area contributed by atoms with Crippen LogP contribution in [-0.2, 0) is 0 Å². The van der Waals surface area contributed by atoms with Crippen molar-refractivity contribution in [2.24, 2.45) is 0 Å². The number of hydrogen-bond donors (Lipinski definition) is 1. The number of rotatable bonds is 5. The molecule has 2 aromatic rings. The average molecular weight is 354 g/mol. The van der Waals surface area contributed by atoms with Crippen molar-refractivity contribution in [1.29, 1.82) is 0 Å². The third-order valence-electron chi connectivity index (χ3n) is 5.62. The molecule has 6 heteroatoms. The molecular weight excluding hydrogens is 328 g/mol.